The van der Waals surface area contributed by atoms with Crippen LogP contribution in [0.4, 0.5) is 0 Å². The molecule has 124 valence electrons. The van der Waals surface area contributed by atoms with Crippen molar-refractivity contribution in [2.45, 2.75) is 79.2 Å². The summed E-state index contributed by atoms with van der Waals surface area (Å²) in [6.45, 7) is 11.9. The van der Waals surface area contributed by atoms with E-state index in [1.807, 2.05) is 0 Å². The van der Waals surface area contributed by atoms with Crippen LogP contribution in [-0.2, 0) is 4.79 Å². The van der Waals surface area contributed by atoms with E-state index < -0.39 is 6.10 Å². The maximum atomic E-state index is 12.9. The van der Waals surface area contributed by atoms with Crippen LogP contribution in [0.3, 0.4) is 0 Å². The van der Waals surface area contributed by atoms with Gasteiger partial charge in [-0.1, -0.05) is 34.6 Å². The Kier molecular flexibility index (Phi) is 2.75. The lowest BCUT2D eigenvalue weighted by Crippen LogP contribution is -2.56. The SMILES string of the molecule is C[C@H]1[C@H](O)CC(=O)[C@]2(C)CC[C@H]3[C@@H]4C(C)(C)CC[C@]4(C)C[C@@]132. The molecule has 4 aliphatic rings. The first-order valence-electron chi connectivity index (χ1n) is 9.30. The molecule has 0 aromatic rings. The van der Waals surface area contributed by atoms with Gasteiger partial charge in [0.05, 0.1) is 6.10 Å². The van der Waals surface area contributed by atoms with Crippen molar-refractivity contribution in [3.05, 3.63) is 0 Å². The quantitative estimate of drug-likeness (QED) is 0.728. The Bertz CT molecular complexity index is 538. The highest BCUT2D eigenvalue weighted by atomic mass is 16.3. The largest absolute Gasteiger partial charge is 0.392 e. The van der Waals surface area contributed by atoms with Crippen molar-refractivity contribution in [2.75, 3.05) is 0 Å². The lowest BCUT2D eigenvalue weighted by Gasteiger charge is -2.54. The molecule has 0 aliphatic heterocycles. The summed E-state index contributed by atoms with van der Waals surface area (Å²) in [4.78, 5) is 12.9. The summed E-state index contributed by atoms with van der Waals surface area (Å²) in [5.41, 5.74) is 0.638. The molecule has 22 heavy (non-hydrogen) atoms. The fourth-order valence-corrected chi connectivity index (χ4v) is 8.23. The molecule has 0 saturated heterocycles. The van der Waals surface area contributed by atoms with Crippen LogP contribution in [0.1, 0.15) is 73.1 Å². The van der Waals surface area contributed by atoms with Gasteiger partial charge in [-0.2, -0.15) is 0 Å². The summed E-state index contributed by atoms with van der Waals surface area (Å²) in [7, 11) is 0. The van der Waals surface area contributed by atoms with Crippen molar-refractivity contribution in [1.29, 1.82) is 0 Å². The Morgan fingerprint density at radius 1 is 1.09 bits per heavy atom. The molecule has 0 unspecified atom stereocenters. The van der Waals surface area contributed by atoms with Gasteiger partial charge in [0.1, 0.15) is 5.78 Å². The molecule has 2 nitrogen and oxygen atoms in total. The highest BCUT2D eigenvalue weighted by Gasteiger charge is 2.76. The van der Waals surface area contributed by atoms with Crippen molar-refractivity contribution in [3.63, 3.8) is 0 Å². The zero-order valence-electron chi connectivity index (χ0n) is 14.9. The van der Waals surface area contributed by atoms with Gasteiger partial charge in [0.2, 0.25) is 0 Å². The molecular formula is C20H32O2. The van der Waals surface area contributed by atoms with Gasteiger partial charge in [0.15, 0.2) is 0 Å². The molecule has 4 fully saturated rings. The average Bonchev–Trinajstić information content (AvgIpc) is 2.94. The van der Waals surface area contributed by atoms with E-state index in [4.69, 9.17) is 0 Å². The molecule has 0 radical (unpaired) electrons. The lowest BCUT2D eigenvalue weighted by atomic mass is 9.49. The van der Waals surface area contributed by atoms with Crippen molar-refractivity contribution < 1.29 is 9.90 Å². The molecule has 0 heterocycles. The third-order valence-electron chi connectivity index (χ3n) is 9.08. The number of Topliss-reactive ketones (excluding diaryl/α,β-unsaturated/α-hetero) is 1. The Morgan fingerprint density at radius 2 is 1.77 bits per heavy atom. The maximum absolute atomic E-state index is 12.9. The zero-order valence-corrected chi connectivity index (χ0v) is 14.9. The van der Waals surface area contributed by atoms with Gasteiger partial charge in [0.25, 0.3) is 0 Å². The summed E-state index contributed by atoms with van der Waals surface area (Å²) < 4.78 is 0. The number of hydrogen-bond acceptors (Lipinski definition) is 2. The molecule has 0 bridgehead atoms. The zero-order chi connectivity index (χ0) is 16.1. The van der Waals surface area contributed by atoms with Crippen LogP contribution in [-0.4, -0.2) is 17.0 Å². The molecule has 4 rings (SSSR count). The maximum Gasteiger partial charge on any atom is 0.141 e. The van der Waals surface area contributed by atoms with E-state index in [9.17, 15) is 9.90 Å². The van der Waals surface area contributed by atoms with E-state index in [1.165, 1.54) is 25.7 Å². The van der Waals surface area contributed by atoms with Gasteiger partial charge >= 0.3 is 0 Å². The summed E-state index contributed by atoms with van der Waals surface area (Å²) in [5.74, 6) is 1.97. The highest BCUT2D eigenvalue weighted by Crippen LogP contribution is 2.80. The molecule has 4 saturated carbocycles. The van der Waals surface area contributed by atoms with Crippen molar-refractivity contribution in [3.8, 4) is 0 Å². The molecule has 0 aromatic heterocycles. The number of ketones is 1. The number of carbonyl (C=O) groups is 1. The van der Waals surface area contributed by atoms with Crippen LogP contribution in [0.2, 0.25) is 0 Å². The minimum Gasteiger partial charge on any atom is -0.392 e. The van der Waals surface area contributed by atoms with Crippen molar-refractivity contribution >= 4 is 5.78 Å². The van der Waals surface area contributed by atoms with E-state index in [-0.39, 0.29) is 16.7 Å². The Morgan fingerprint density at radius 3 is 2.45 bits per heavy atom. The van der Waals surface area contributed by atoms with Gasteiger partial charge in [-0.05, 0) is 66.1 Å². The number of aliphatic hydroxyl groups is 1. The lowest BCUT2D eigenvalue weighted by molar-refractivity contribution is -0.158. The predicted molar refractivity (Wildman–Crippen MR) is 87.3 cm³/mol. The number of hydrogen-bond donors (Lipinski definition) is 1. The minimum absolute atomic E-state index is 0.0544. The molecule has 0 amide bonds. The van der Waals surface area contributed by atoms with Crippen LogP contribution in [0, 0.1) is 39.4 Å². The number of fused-ring (bicyclic) bond motifs is 2. The van der Waals surface area contributed by atoms with Crippen LogP contribution in [0.5, 0.6) is 0 Å². The Hall–Kier alpha value is -0.370. The van der Waals surface area contributed by atoms with Crippen LogP contribution in [0.15, 0.2) is 0 Å². The minimum atomic E-state index is -0.424. The van der Waals surface area contributed by atoms with E-state index >= 15 is 0 Å². The second kappa shape index (κ2) is 3.99. The highest BCUT2D eigenvalue weighted by molar-refractivity contribution is 5.87. The Labute approximate surface area is 135 Å². The molecule has 1 N–H and O–H groups in total. The molecular weight excluding hydrogens is 272 g/mol. The molecule has 2 heteroatoms. The third-order valence-corrected chi connectivity index (χ3v) is 9.08. The molecule has 1 spiro atoms. The van der Waals surface area contributed by atoms with Gasteiger partial charge in [-0.15, -0.1) is 0 Å². The van der Waals surface area contributed by atoms with E-state index in [0.29, 0.717) is 29.0 Å². The van der Waals surface area contributed by atoms with Gasteiger partial charge in [-0.25, -0.2) is 0 Å². The van der Waals surface area contributed by atoms with Gasteiger partial charge < -0.3 is 5.11 Å². The number of carbonyl (C=O) groups excluding carboxylic acids is 1. The molecule has 0 aromatic carbocycles. The first-order valence-corrected chi connectivity index (χ1v) is 9.30. The fourth-order valence-electron chi connectivity index (χ4n) is 8.23. The second-order valence-corrected chi connectivity index (χ2v) is 10.3. The fraction of sp³-hybridized carbons (Fsp3) is 0.950. The first kappa shape index (κ1) is 15.2. The molecule has 7 atom stereocenters. The number of rotatable bonds is 0. The average molecular weight is 304 g/mol. The number of aliphatic hydroxyl groups excluding tert-OH is 1. The van der Waals surface area contributed by atoms with E-state index in [0.717, 1.165) is 12.3 Å². The molecule has 4 aliphatic carbocycles. The normalized spacial score (nSPS) is 59.3. The predicted octanol–water partition coefficient (Wildman–Crippen LogP) is 4.21. The van der Waals surface area contributed by atoms with E-state index in [2.05, 4.69) is 34.6 Å². The van der Waals surface area contributed by atoms with Crippen molar-refractivity contribution in [2.24, 2.45) is 39.4 Å². The standard InChI is InChI=1S/C20H32O2/c1-12-14(21)10-15(22)19(5)7-6-13-16-17(2,3)8-9-18(16,4)11-20(12,13)19/h12-14,16,21H,6-11H2,1-5H3/t12-,13-,14+,16+,18+,19-,20+/m0/s1. The monoisotopic (exact) mass is 304 g/mol. The van der Waals surface area contributed by atoms with E-state index in [1.54, 1.807) is 0 Å². The smallest absolute Gasteiger partial charge is 0.141 e. The second-order valence-electron chi connectivity index (χ2n) is 10.3. The summed E-state index contributed by atoms with van der Waals surface area (Å²) >= 11 is 0. The first-order chi connectivity index (χ1) is 10.1. The van der Waals surface area contributed by atoms with Crippen LogP contribution < -0.4 is 0 Å². The third kappa shape index (κ3) is 1.41. The topological polar surface area (TPSA) is 37.3 Å². The van der Waals surface area contributed by atoms with Crippen LogP contribution >= 0.6 is 0 Å². The Balaban J connectivity index is 1.89. The van der Waals surface area contributed by atoms with Gasteiger partial charge in [-0.3, -0.25) is 4.79 Å². The summed E-state index contributed by atoms with van der Waals surface area (Å²) in [6.07, 6.45) is 6.00. The summed E-state index contributed by atoms with van der Waals surface area (Å²) in [5, 5.41) is 10.6. The van der Waals surface area contributed by atoms with Crippen LogP contribution in [0.25, 0.3) is 0 Å². The summed E-state index contributed by atoms with van der Waals surface area (Å²) in [6, 6.07) is 0. The van der Waals surface area contributed by atoms with Crippen molar-refractivity contribution in [1.82, 2.24) is 0 Å². The van der Waals surface area contributed by atoms with Gasteiger partial charge in [0, 0.05) is 11.8 Å².